The lowest BCUT2D eigenvalue weighted by Gasteiger charge is -2.20. The van der Waals surface area contributed by atoms with E-state index in [1.165, 1.54) is 5.56 Å². The van der Waals surface area contributed by atoms with Crippen molar-refractivity contribution in [2.24, 2.45) is 0 Å². The molecule has 0 bridgehead atoms. The SMILES string of the molecule is COc1ccccc1Cn1cc(CNC(C)(C)C)c(C)n1. The second-order valence-electron chi connectivity index (χ2n) is 6.35. The number of methoxy groups -OCH3 is 1. The molecular weight excluding hydrogens is 262 g/mol. The van der Waals surface area contributed by atoms with Crippen LogP contribution in [0.25, 0.3) is 0 Å². The third-order valence-electron chi connectivity index (χ3n) is 3.38. The van der Waals surface area contributed by atoms with Crippen molar-refractivity contribution in [1.82, 2.24) is 15.1 Å². The minimum absolute atomic E-state index is 0.108. The van der Waals surface area contributed by atoms with Gasteiger partial charge in [-0.3, -0.25) is 4.68 Å². The number of rotatable bonds is 5. The van der Waals surface area contributed by atoms with Gasteiger partial charge in [-0.1, -0.05) is 18.2 Å². The van der Waals surface area contributed by atoms with Crippen LogP contribution in [0.1, 0.15) is 37.6 Å². The maximum absolute atomic E-state index is 5.39. The van der Waals surface area contributed by atoms with E-state index in [2.05, 4.69) is 50.4 Å². The molecule has 0 atom stereocenters. The van der Waals surface area contributed by atoms with Crippen LogP contribution in [0, 0.1) is 6.92 Å². The highest BCUT2D eigenvalue weighted by molar-refractivity contribution is 5.33. The second-order valence-corrected chi connectivity index (χ2v) is 6.35. The molecule has 0 amide bonds. The molecule has 0 radical (unpaired) electrons. The Balaban J connectivity index is 2.11. The number of ether oxygens (including phenoxy) is 1. The molecule has 0 saturated heterocycles. The summed E-state index contributed by atoms with van der Waals surface area (Å²) in [5.74, 6) is 0.903. The molecule has 2 aromatic rings. The fraction of sp³-hybridized carbons (Fsp3) is 0.471. The van der Waals surface area contributed by atoms with Crippen LogP contribution in [0.3, 0.4) is 0 Å². The summed E-state index contributed by atoms with van der Waals surface area (Å²) in [6.07, 6.45) is 2.11. The molecule has 0 fully saturated rings. The molecule has 0 saturated carbocycles. The van der Waals surface area contributed by atoms with E-state index < -0.39 is 0 Å². The Bertz CT molecular complexity index is 596. The van der Waals surface area contributed by atoms with Crippen molar-refractivity contribution >= 4 is 0 Å². The predicted molar refractivity (Wildman–Crippen MR) is 85.7 cm³/mol. The van der Waals surface area contributed by atoms with Gasteiger partial charge in [0.25, 0.3) is 0 Å². The maximum atomic E-state index is 5.39. The van der Waals surface area contributed by atoms with E-state index in [4.69, 9.17) is 4.74 Å². The van der Waals surface area contributed by atoms with Crippen molar-refractivity contribution < 1.29 is 4.74 Å². The highest BCUT2D eigenvalue weighted by Gasteiger charge is 2.12. The predicted octanol–water partition coefficient (Wildman–Crippen LogP) is 3.14. The summed E-state index contributed by atoms with van der Waals surface area (Å²) in [5, 5.41) is 8.10. The molecule has 0 aliphatic carbocycles. The van der Waals surface area contributed by atoms with Crippen LogP contribution in [0.15, 0.2) is 30.5 Å². The van der Waals surface area contributed by atoms with Crippen LogP contribution >= 0.6 is 0 Å². The van der Waals surface area contributed by atoms with E-state index in [9.17, 15) is 0 Å². The van der Waals surface area contributed by atoms with E-state index in [1.54, 1.807) is 7.11 Å². The maximum Gasteiger partial charge on any atom is 0.123 e. The molecule has 21 heavy (non-hydrogen) atoms. The summed E-state index contributed by atoms with van der Waals surface area (Å²) < 4.78 is 7.37. The average Bonchev–Trinajstić information content (AvgIpc) is 2.76. The fourth-order valence-electron chi connectivity index (χ4n) is 2.18. The number of hydrogen-bond donors (Lipinski definition) is 1. The molecule has 4 nitrogen and oxygen atoms in total. The summed E-state index contributed by atoms with van der Waals surface area (Å²) in [6.45, 7) is 10.1. The second kappa shape index (κ2) is 6.31. The number of benzene rings is 1. The van der Waals surface area contributed by atoms with Crippen molar-refractivity contribution in [3.8, 4) is 5.75 Å². The molecule has 1 aromatic carbocycles. The fourth-order valence-corrected chi connectivity index (χ4v) is 2.18. The topological polar surface area (TPSA) is 39.1 Å². The summed E-state index contributed by atoms with van der Waals surface area (Å²) in [5.41, 5.74) is 3.55. The Morgan fingerprint density at radius 2 is 1.90 bits per heavy atom. The molecule has 0 unspecified atom stereocenters. The zero-order valence-corrected chi connectivity index (χ0v) is 13.6. The lowest BCUT2D eigenvalue weighted by Crippen LogP contribution is -2.35. The van der Waals surface area contributed by atoms with Gasteiger partial charge in [-0.05, 0) is 33.8 Å². The van der Waals surface area contributed by atoms with Crippen LogP contribution in [-0.4, -0.2) is 22.4 Å². The quantitative estimate of drug-likeness (QED) is 0.918. The summed E-state index contributed by atoms with van der Waals surface area (Å²) in [7, 11) is 1.70. The zero-order valence-electron chi connectivity index (χ0n) is 13.6. The summed E-state index contributed by atoms with van der Waals surface area (Å²) >= 11 is 0. The van der Waals surface area contributed by atoms with Gasteiger partial charge in [0.15, 0.2) is 0 Å². The average molecular weight is 287 g/mol. The van der Waals surface area contributed by atoms with Gasteiger partial charge < -0.3 is 10.1 Å². The highest BCUT2D eigenvalue weighted by Crippen LogP contribution is 2.19. The van der Waals surface area contributed by atoms with E-state index in [0.717, 1.165) is 30.1 Å². The first kappa shape index (κ1) is 15.6. The van der Waals surface area contributed by atoms with E-state index in [1.807, 2.05) is 22.9 Å². The Hall–Kier alpha value is -1.81. The Morgan fingerprint density at radius 3 is 2.57 bits per heavy atom. The van der Waals surface area contributed by atoms with Crippen LogP contribution in [0.2, 0.25) is 0 Å². The lowest BCUT2D eigenvalue weighted by atomic mass is 10.1. The number of hydrogen-bond acceptors (Lipinski definition) is 3. The van der Waals surface area contributed by atoms with Gasteiger partial charge in [-0.2, -0.15) is 5.10 Å². The van der Waals surface area contributed by atoms with Crippen LogP contribution in [-0.2, 0) is 13.1 Å². The van der Waals surface area contributed by atoms with Gasteiger partial charge in [0.1, 0.15) is 5.75 Å². The van der Waals surface area contributed by atoms with E-state index >= 15 is 0 Å². The number of nitrogens with zero attached hydrogens (tertiary/aromatic N) is 2. The molecule has 2 rings (SSSR count). The third-order valence-corrected chi connectivity index (χ3v) is 3.38. The molecule has 0 spiro atoms. The summed E-state index contributed by atoms with van der Waals surface area (Å²) in [4.78, 5) is 0. The monoisotopic (exact) mass is 287 g/mol. The first-order valence-electron chi connectivity index (χ1n) is 7.29. The van der Waals surface area contributed by atoms with Crippen molar-refractivity contribution in [2.45, 2.75) is 46.3 Å². The van der Waals surface area contributed by atoms with Crippen LogP contribution in [0.5, 0.6) is 5.75 Å². The van der Waals surface area contributed by atoms with Crippen molar-refractivity contribution in [2.75, 3.05) is 7.11 Å². The molecule has 1 heterocycles. The van der Waals surface area contributed by atoms with Crippen molar-refractivity contribution in [3.63, 3.8) is 0 Å². The summed E-state index contributed by atoms with van der Waals surface area (Å²) in [6, 6.07) is 8.06. The van der Waals surface area contributed by atoms with Crippen LogP contribution in [0.4, 0.5) is 0 Å². The Labute approximate surface area is 127 Å². The lowest BCUT2D eigenvalue weighted by molar-refractivity contribution is 0.407. The number of aromatic nitrogens is 2. The van der Waals surface area contributed by atoms with Gasteiger partial charge in [0.2, 0.25) is 0 Å². The highest BCUT2D eigenvalue weighted by atomic mass is 16.5. The molecule has 1 aromatic heterocycles. The van der Waals surface area contributed by atoms with Crippen molar-refractivity contribution in [1.29, 1.82) is 0 Å². The molecule has 4 heteroatoms. The number of aryl methyl sites for hydroxylation is 1. The zero-order chi connectivity index (χ0) is 15.5. The molecular formula is C17H25N3O. The molecule has 1 N–H and O–H groups in total. The third kappa shape index (κ3) is 4.33. The molecule has 114 valence electrons. The number of para-hydroxylation sites is 1. The Morgan fingerprint density at radius 1 is 1.19 bits per heavy atom. The minimum Gasteiger partial charge on any atom is -0.496 e. The van der Waals surface area contributed by atoms with Crippen LogP contribution < -0.4 is 10.1 Å². The van der Waals surface area contributed by atoms with Gasteiger partial charge >= 0.3 is 0 Å². The standard InChI is InChI=1S/C17H25N3O/c1-13-15(10-18-17(2,3)4)12-20(19-13)11-14-8-6-7-9-16(14)21-5/h6-9,12,18H,10-11H2,1-5H3. The molecule has 0 aliphatic heterocycles. The molecule has 0 aliphatic rings. The minimum atomic E-state index is 0.108. The van der Waals surface area contributed by atoms with E-state index in [0.29, 0.717) is 0 Å². The van der Waals surface area contributed by atoms with Gasteiger partial charge in [0, 0.05) is 29.4 Å². The largest absolute Gasteiger partial charge is 0.496 e. The number of nitrogens with one attached hydrogen (secondary N) is 1. The van der Waals surface area contributed by atoms with Gasteiger partial charge in [0.05, 0.1) is 19.3 Å². The van der Waals surface area contributed by atoms with E-state index in [-0.39, 0.29) is 5.54 Å². The van der Waals surface area contributed by atoms with Gasteiger partial charge in [-0.25, -0.2) is 0 Å². The Kier molecular flexibility index (Phi) is 4.68. The van der Waals surface area contributed by atoms with Gasteiger partial charge in [-0.15, -0.1) is 0 Å². The smallest absolute Gasteiger partial charge is 0.123 e. The first-order chi connectivity index (χ1) is 9.89. The normalized spacial score (nSPS) is 11.7. The van der Waals surface area contributed by atoms with Crippen molar-refractivity contribution in [3.05, 3.63) is 47.3 Å². The first-order valence-corrected chi connectivity index (χ1v) is 7.29.